The number of ether oxygens (including phenoxy) is 1. The van der Waals surface area contributed by atoms with Crippen molar-refractivity contribution in [2.24, 2.45) is 0 Å². The monoisotopic (exact) mass is 500 g/mol. The number of carbonyl (C=O) groups is 3. The molecule has 194 valence electrons. The van der Waals surface area contributed by atoms with E-state index < -0.39 is 6.10 Å². The summed E-state index contributed by atoms with van der Waals surface area (Å²) in [4.78, 5) is 37.6. The van der Waals surface area contributed by atoms with Gasteiger partial charge in [-0.1, -0.05) is 52.0 Å². The molecule has 0 heterocycles. The minimum Gasteiger partial charge on any atom is -0.481 e. The van der Waals surface area contributed by atoms with E-state index in [9.17, 15) is 14.4 Å². The van der Waals surface area contributed by atoms with Gasteiger partial charge in [0.1, 0.15) is 5.75 Å². The zero-order valence-corrected chi connectivity index (χ0v) is 22.3. The van der Waals surface area contributed by atoms with Crippen molar-refractivity contribution in [3.63, 3.8) is 0 Å². The van der Waals surface area contributed by atoms with Crippen LogP contribution in [0.25, 0.3) is 0 Å². The number of Topliss-reactive ketones (excluding diaryl/α,β-unsaturated/α-hetero) is 1. The summed E-state index contributed by atoms with van der Waals surface area (Å²) in [5.41, 5.74) is 3.93. The average Bonchev–Trinajstić information content (AvgIpc) is 2.87. The second-order valence-corrected chi connectivity index (χ2v) is 9.86. The van der Waals surface area contributed by atoms with E-state index in [1.165, 1.54) is 5.56 Å². The fourth-order valence-electron chi connectivity index (χ4n) is 3.81. The summed E-state index contributed by atoms with van der Waals surface area (Å²) >= 11 is 0. The zero-order chi connectivity index (χ0) is 27.0. The summed E-state index contributed by atoms with van der Waals surface area (Å²) < 4.78 is 5.95. The number of hydrogen-bond donors (Lipinski definition) is 2. The van der Waals surface area contributed by atoms with Crippen molar-refractivity contribution in [3.05, 3.63) is 89.5 Å². The highest BCUT2D eigenvalue weighted by Gasteiger charge is 2.21. The van der Waals surface area contributed by atoms with Gasteiger partial charge in [-0.25, -0.2) is 0 Å². The molecule has 0 saturated heterocycles. The van der Waals surface area contributed by atoms with Gasteiger partial charge < -0.3 is 15.4 Å². The van der Waals surface area contributed by atoms with Crippen molar-refractivity contribution in [2.45, 2.75) is 65.4 Å². The Hall–Kier alpha value is -3.93. The van der Waals surface area contributed by atoms with Crippen LogP contribution in [0.15, 0.2) is 72.8 Å². The number of ketones is 1. The molecule has 0 spiro atoms. The predicted octanol–water partition coefficient (Wildman–Crippen LogP) is 6.69. The van der Waals surface area contributed by atoms with Crippen LogP contribution in [-0.2, 0) is 15.0 Å². The largest absolute Gasteiger partial charge is 0.481 e. The lowest BCUT2D eigenvalue weighted by atomic mass is 9.82. The second-order valence-electron chi connectivity index (χ2n) is 9.86. The lowest BCUT2D eigenvalue weighted by molar-refractivity contribution is -0.122. The van der Waals surface area contributed by atoms with Gasteiger partial charge in [-0.2, -0.15) is 0 Å². The van der Waals surface area contributed by atoms with Gasteiger partial charge in [-0.05, 0) is 84.8 Å². The number of rotatable bonds is 11. The number of aryl methyl sites for hydroxylation is 1. The summed E-state index contributed by atoms with van der Waals surface area (Å²) in [6.45, 7) is 10.4. The van der Waals surface area contributed by atoms with E-state index in [1.54, 1.807) is 30.3 Å². The van der Waals surface area contributed by atoms with Gasteiger partial charge in [0.15, 0.2) is 11.9 Å². The predicted molar refractivity (Wildman–Crippen MR) is 148 cm³/mol. The summed E-state index contributed by atoms with van der Waals surface area (Å²) in [6.07, 6.45) is 0.607. The van der Waals surface area contributed by atoms with Crippen molar-refractivity contribution in [3.8, 4) is 5.75 Å². The molecule has 2 N–H and O–H groups in total. The molecular weight excluding hydrogens is 464 g/mol. The maximum Gasteiger partial charge on any atom is 0.265 e. The molecule has 2 amide bonds. The molecular formula is C31H36N2O4. The second kappa shape index (κ2) is 12.3. The summed E-state index contributed by atoms with van der Waals surface area (Å²) in [7, 11) is 0. The Morgan fingerprint density at radius 1 is 0.865 bits per heavy atom. The lowest BCUT2D eigenvalue weighted by Crippen LogP contribution is -2.32. The molecule has 3 rings (SSSR count). The normalized spacial score (nSPS) is 11.9. The molecule has 3 aromatic rings. The topological polar surface area (TPSA) is 84.5 Å². The van der Waals surface area contributed by atoms with Crippen LogP contribution < -0.4 is 15.4 Å². The Balaban J connectivity index is 1.55. The summed E-state index contributed by atoms with van der Waals surface area (Å²) in [6, 6.07) is 21.8. The first-order valence-electron chi connectivity index (χ1n) is 12.7. The number of hydrogen-bond acceptors (Lipinski definition) is 4. The third-order valence-corrected chi connectivity index (χ3v) is 6.56. The first-order chi connectivity index (χ1) is 17.6. The molecule has 0 saturated carbocycles. The first-order valence-corrected chi connectivity index (χ1v) is 12.7. The molecule has 1 atom stereocenters. The molecule has 0 radical (unpaired) electrons. The minimum absolute atomic E-state index is 0.0818. The van der Waals surface area contributed by atoms with E-state index in [2.05, 4.69) is 31.4 Å². The van der Waals surface area contributed by atoms with Crippen LogP contribution in [0.1, 0.15) is 68.4 Å². The fraction of sp³-hybridized carbons (Fsp3) is 0.323. The van der Waals surface area contributed by atoms with E-state index in [1.807, 2.05) is 56.3 Å². The number of anilines is 2. The molecule has 0 fully saturated rings. The van der Waals surface area contributed by atoms with Gasteiger partial charge in [0.25, 0.3) is 5.91 Å². The number of carbonyl (C=O) groups excluding carboxylic acids is 3. The molecule has 0 unspecified atom stereocenters. The van der Waals surface area contributed by atoms with Crippen molar-refractivity contribution in [1.29, 1.82) is 0 Å². The van der Waals surface area contributed by atoms with Crippen molar-refractivity contribution in [1.82, 2.24) is 0 Å². The van der Waals surface area contributed by atoms with Crippen molar-refractivity contribution >= 4 is 29.0 Å². The Kier molecular flexibility index (Phi) is 9.23. The van der Waals surface area contributed by atoms with Crippen molar-refractivity contribution in [2.75, 3.05) is 10.6 Å². The molecule has 6 heteroatoms. The average molecular weight is 501 g/mol. The lowest BCUT2D eigenvalue weighted by Gasteiger charge is -2.24. The summed E-state index contributed by atoms with van der Waals surface area (Å²) in [5.74, 6) is -0.297. The SMILES string of the molecule is CC[C@H](Oc1ccc(C(C)(C)CC)cc1)C(=O)Nc1ccc(C(=O)CC(=O)Nc2cccc(C)c2)cc1. The zero-order valence-electron chi connectivity index (χ0n) is 22.3. The maximum atomic E-state index is 12.8. The van der Waals surface area contributed by atoms with Gasteiger partial charge in [0.05, 0.1) is 6.42 Å². The van der Waals surface area contributed by atoms with Gasteiger partial charge >= 0.3 is 0 Å². The highest BCUT2D eigenvalue weighted by Crippen LogP contribution is 2.28. The molecule has 37 heavy (non-hydrogen) atoms. The molecule has 0 aromatic heterocycles. The quantitative estimate of drug-likeness (QED) is 0.227. The van der Waals surface area contributed by atoms with E-state index >= 15 is 0 Å². The molecule has 3 aromatic carbocycles. The smallest absolute Gasteiger partial charge is 0.265 e. The van der Waals surface area contributed by atoms with Gasteiger partial charge in [0, 0.05) is 16.9 Å². The van der Waals surface area contributed by atoms with Crippen LogP contribution in [0.2, 0.25) is 0 Å². The third kappa shape index (κ3) is 7.78. The van der Waals surface area contributed by atoms with Crippen LogP contribution in [0.4, 0.5) is 11.4 Å². The standard InChI is InChI=1S/C31H36N2O4/c1-6-28(37-26-17-13-23(14-18-26)31(4,5)7-2)30(36)33-24-15-11-22(12-16-24)27(34)20-29(35)32-25-10-8-9-21(3)19-25/h8-19,28H,6-7,20H2,1-5H3,(H,32,35)(H,33,36)/t28-/m0/s1. The van der Waals surface area contributed by atoms with E-state index in [4.69, 9.17) is 4.74 Å². The number of benzene rings is 3. The number of amides is 2. The Morgan fingerprint density at radius 2 is 1.54 bits per heavy atom. The van der Waals surface area contributed by atoms with Crippen LogP contribution in [-0.4, -0.2) is 23.7 Å². The summed E-state index contributed by atoms with van der Waals surface area (Å²) in [5, 5.41) is 5.59. The van der Waals surface area contributed by atoms with E-state index in [0.29, 0.717) is 29.1 Å². The van der Waals surface area contributed by atoms with Gasteiger partial charge in [-0.3, -0.25) is 14.4 Å². The minimum atomic E-state index is -0.656. The van der Waals surface area contributed by atoms with Crippen LogP contribution >= 0.6 is 0 Å². The van der Waals surface area contributed by atoms with E-state index in [0.717, 1.165) is 12.0 Å². The van der Waals surface area contributed by atoms with Crippen molar-refractivity contribution < 1.29 is 19.1 Å². The molecule has 0 aliphatic carbocycles. The van der Waals surface area contributed by atoms with E-state index in [-0.39, 0.29) is 29.4 Å². The third-order valence-electron chi connectivity index (χ3n) is 6.56. The molecule has 0 aliphatic rings. The molecule has 6 nitrogen and oxygen atoms in total. The Morgan fingerprint density at radius 3 is 2.14 bits per heavy atom. The highest BCUT2D eigenvalue weighted by molar-refractivity contribution is 6.11. The van der Waals surface area contributed by atoms with Crippen LogP contribution in [0.3, 0.4) is 0 Å². The Labute approximate surface area is 219 Å². The number of nitrogens with one attached hydrogen (secondary N) is 2. The van der Waals surface area contributed by atoms with Gasteiger partial charge in [-0.15, -0.1) is 0 Å². The first kappa shape index (κ1) is 27.7. The molecule has 0 bridgehead atoms. The van der Waals surface area contributed by atoms with Gasteiger partial charge in [0.2, 0.25) is 5.91 Å². The highest BCUT2D eigenvalue weighted by atomic mass is 16.5. The fourth-order valence-corrected chi connectivity index (χ4v) is 3.81. The Bertz CT molecular complexity index is 1230. The van der Waals surface area contributed by atoms with Crippen LogP contribution in [0.5, 0.6) is 5.75 Å². The van der Waals surface area contributed by atoms with Crippen LogP contribution in [0, 0.1) is 6.92 Å². The molecule has 0 aliphatic heterocycles. The maximum absolute atomic E-state index is 12.8.